The molecule has 328 valence electrons. The monoisotopic (exact) mass is 1010 g/mol. The Kier molecular flexibility index (Phi) is 11.3. The van der Waals surface area contributed by atoms with Gasteiger partial charge in [-0.05, 0) is 0 Å². The van der Waals surface area contributed by atoms with Crippen LogP contribution in [0.15, 0.2) is 164 Å². The van der Waals surface area contributed by atoms with E-state index < -0.39 is 0 Å². The van der Waals surface area contributed by atoms with E-state index in [9.17, 15) is 24.0 Å². The number of ketones is 4. The number of nitrogens with zero attached hydrogens (tertiary/aromatic N) is 4. The van der Waals surface area contributed by atoms with Gasteiger partial charge in [-0.1, -0.05) is 24.3 Å². The molecular formula is C56H42N4O5Se2. The number of carbonyl (C=O) groups excluding carboxylic acids is 5. The first-order valence-corrected chi connectivity index (χ1v) is 25.2. The standard InChI is InChI=1S/C28H20N2O2Se.C19H16N2OSe.C9H6O2/c1-28(2)21-10-5-6-12-23(21)30(27-22(28)11-7-15-29-27)24-14-13-17(33-24)16-20-25(31)18-8-3-4-9-19(18)26(20)32;1-19(2)14-6-3-4-8-16(14)21(17-10-9-13(12-22)23-17)18-15(19)7-5-11-20-18;10-8-5-9(11)7-4-2-1-3-6(7)8/h3-16H,1-2H3;3-12H,1-2H3;1-4H,5H2. The molecule has 12 rings (SSSR count). The Morgan fingerprint density at radius 2 is 0.881 bits per heavy atom. The fourth-order valence-electron chi connectivity index (χ4n) is 9.40. The predicted octanol–water partition coefficient (Wildman–Crippen LogP) is 11.2. The smallest absolute Gasteiger partial charge is 0.171 e. The average molecular weight is 1010 g/mol. The van der Waals surface area contributed by atoms with Crippen molar-refractivity contribution in [3.05, 3.63) is 217 Å². The Morgan fingerprint density at radius 1 is 0.478 bits per heavy atom. The maximum atomic E-state index is 12.8. The molecule has 4 aromatic carbocycles. The summed E-state index contributed by atoms with van der Waals surface area (Å²) in [6.07, 6.45) is 6.48. The maximum Gasteiger partial charge on any atom is 0.171 e. The van der Waals surface area contributed by atoms with Gasteiger partial charge in [0.1, 0.15) is 0 Å². The molecule has 67 heavy (non-hydrogen) atoms. The Bertz CT molecular complexity index is 3210. The first-order chi connectivity index (χ1) is 32.4. The van der Waals surface area contributed by atoms with Gasteiger partial charge in [0.25, 0.3) is 0 Å². The third kappa shape index (κ3) is 7.54. The molecule has 0 spiro atoms. The van der Waals surface area contributed by atoms with Crippen LogP contribution in [0.2, 0.25) is 0 Å². The average Bonchev–Trinajstić information content (AvgIpc) is 4.14. The number of fused-ring (bicyclic) bond motifs is 6. The van der Waals surface area contributed by atoms with Crippen LogP contribution in [0, 0.1) is 0 Å². The number of anilines is 6. The molecular weight excluding hydrogens is 967 g/mol. The number of carbonyl (C=O) groups is 5. The van der Waals surface area contributed by atoms with Crippen LogP contribution in [0.3, 0.4) is 0 Å². The molecule has 2 aliphatic carbocycles. The first kappa shape index (κ1) is 43.7. The van der Waals surface area contributed by atoms with Crippen molar-refractivity contribution in [2.24, 2.45) is 0 Å². The molecule has 0 fully saturated rings. The van der Waals surface area contributed by atoms with E-state index in [2.05, 4.69) is 115 Å². The van der Waals surface area contributed by atoms with Crippen LogP contribution >= 0.6 is 0 Å². The minimum absolute atomic E-state index is 0.0190. The van der Waals surface area contributed by atoms with Crippen molar-refractivity contribution < 1.29 is 24.0 Å². The summed E-state index contributed by atoms with van der Waals surface area (Å²) in [5.74, 6) is 1.45. The zero-order valence-electron chi connectivity index (χ0n) is 37.0. The molecule has 4 aromatic heterocycles. The van der Waals surface area contributed by atoms with Crippen molar-refractivity contribution in [1.82, 2.24) is 9.97 Å². The molecule has 0 unspecified atom stereocenters. The van der Waals surface area contributed by atoms with Crippen molar-refractivity contribution >= 4 is 96.6 Å². The van der Waals surface area contributed by atoms with Gasteiger partial charge in [-0.3, -0.25) is 9.59 Å². The van der Waals surface area contributed by atoms with Crippen LogP contribution in [0.5, 0.6) is 0 Å². The van der Waals surface area contributed by atoms with Crippen LogP contribution in [0.4, 0.5) is 32.1 Å². The summed E-state index contributed by atoms with van der Waals surface area (Å²) in [7, 11) is 0. The first-order valence-electron chi connectivity index (χ1n) is 21.8. The molecule has 6 heterocycles. The zero-order chi connectivity index (χ0) is 46.6. The second-order valence-corrected chi connectivity index (χ2v) is 22.1. The number of pyridine rings is 2. The summed E-state index contributed by atoms with van der Waals surface area (Å²) in [5, 5.41) is 0. The molecule has 9 nitrogen and oxygen atoms in total. The van der Waals surface area contributed by atoms with Crippen molar-refractivity contribution in [3.8, 4) is 0 Å². The summed E-state index contributed by atoms with van der Waals surface area (Å²) in [6.45, 7) is 8.96. The summed E-state index contributed by atoms with van der Waals surface area (Å²) in [4.78, 5) is 72.8. The Labute approximate surface area is 400 Å². The number of Topliss-reactive ketones (excluding diaryl/α,β-unsaturated/α-hetero) is 4. The zero-order valence-corrected chi connectivity index (χ0v) is 40.4. The molecule has 0 radical (unpaired) electrons. The van der Waals surface area contributed by atoms with Gasteiger partial charge in [0.2, 0.25) is 0 Å². The summed E-state index contributed by atoms with van der Waals surface area (Å²) < 4.78 is 4.16. The molecule has 4 aliphatic rings. The Balaban J connectivity index is 0.000000133. The number of aromatic nitrogens is 2. The van der Waals surface area contributed by atoms with Gasteiger partial charge in [-0.25, -0.2) is 0 Å². The number of allylic oxidation sites excluding steroid dienone is 1. The van der Waals surface area contributed by atoms with E-state index in [-0.39, 0.29) is 75.0 Å². The number of aldehydes is 1. The molecule has 11 heteroatoms. The van der Waals surface area contributed by atoms with E-state index in [1.54, 1.807) is 54.6 Å². The largest absolute Gasteiger partial charge is 0.294 e. The Morgan fingerprint density at radius 3 is 1.34 bits per heavy atom. The van der Waals surface area contributed by atoms with E-state index in [4.69, 9.17) is 4.98 Å². The fourth-order valence-corrected chi connectivity index (χ4v) is 13.2. The van der Waals surface area contributed by atoms with Gasteiger partial charge >= 0.3 is 339 Å². The van der Waals surface area contributed by atoms with Crippen LogP contribution < -0.4 is 9.80 Å². The van der Waals surface area contributed by atoms with Crippen molar-refractivity contribution in [3.63, 3.8) is 0 Å². The van der Waals surface area contributed by atoms with Crippen LogP contribution in [-0.2, 0) is 10.8 Å². The number of hydrogen-bond acceptors (Lipinski definition) is 9. The van der Waals surface area contributed by atoms with E-state index in [0.29, 0.717) is 22.3 Å². The molecule has 0 saturated heterocycles. The van der Waals surface area contributed by atoms with Gasteiger partial charge in [0.15, 0.2) is 11.6 Å². The van der Waals surface area contributed by atoms with E-state index in [0.717, 1.165) is 47.3 Å². The van der Waals surface area contributed by atoms with Gasteiger partial charge in [0.05, 0.1) is 6.42 Å². The third-order valence-corrected chi connectivity index (χ3v) is 17.0. The van der Waals surface area contributed by atoms with Gasteiger partial charge in [0, 0.05) is 11.1 Å². The summed E-state index contributed by atoms with van der Waals surface area (Å²) in [5.41, 5.74) is 9.41. The van der Waals surface area contributed by atoms with Crippen molar-refractivity contribution in [2.75, 3.05) is 9.80 Å². The summed E-state index contributed by atoms with van der Waals surface area (Å²) >= 11 is -0.0587. The molecule has 2 aliphatic heterocycles. The van der Waals surface area contributed by atoms with Crippen LogP contribution in [0.1, 0.15) is 111 Å². The summed E-state index contributed by atoms with van der Waals surface area (Å²) in [6, 6.07) is 47.3. The van der Waals surface area contributed by atoms with Crippen molar-refractivity contribution in [2.45, 2.75) is 44.9 Å². The van der Waals surface area contributed by atoms with Gasteiger partial charge < -0.3 is 0 Å². The van der Waals surface area contributed by atoms with Crippen molar-refractivity contribution in [1.29, 1.82) is 0 Å². The molecule has 0 bridgehead atoms. The molecule has 0 N–H and O–H groups in total. The normalized spacial score (nSPS) is 15.4. The maximum absolute atomic E-state index is 12.8. The second kappa shape index (κ2) is 17.3. The van der Waals surface area contributed by atoms with Crippen LogP contribution in [0.25, 0.3) is 6.08 Å². The SMILES string of the molecule is CC1(C)c2ccccc2N(c2ccc(C=C3C(=O)c4ccccc4C3=O)[se]2)c2ncccc21.CC1(C)c2ccccc2N(c2ccc(C=O)[se]2)c2ncccc21.O=C1CC(=O)c2ccccc21. The molecule has 0 saturated carbocycles. The van der Waals surface area contributed by atoms with Crippen LogP contribution in [-0.4, -0.2) is 68.4 Å². The third-order valence-electron chi connectivity index (χ3n) is 12.8. The number of para-hydroxylation sites is 2. The number of benzene rings is 4. The fraction of sp³-hybridized carbons (Fsp3) is 0.125. The topological polar surface area (TPSA) is 118 Å². The second-order valence-electron chi connectivity index (χ2n) is 17.5. The van der Waals surface area contributed by atoms with Gasteiger partial charge in [-0.15, -0.1) is 0 Å². The van der Waals surface area contributed by atoms with E-state index in [1.807, 2.05) is 36.7 Å². The molecule has 0 amide bonds. The molecule has 0 atom stereocenters. The minimum atomic E-state index is -0.183. The van der Waals surface area contributed by atoms with Gasteiger partial charge in [-0.2, -0.15) is 0 Å². The molecule has 8 aromatic rings. The number of rotatable bonds is 4. The predicted molar refractivity (Wildman–Crippen MR) is 264 cm³/mol. The van der Waals surface area contributed by atoms with E-state index in [1.165, 1.54) is 22.3 Å². The number of hydrogen-bond donors (Lipinski definition) is 0. The minimum Gasteiger partial charge on any atom is -0.294 e. The quantitative estimate of drug-likeness (QED) is 0.0558. The Hall–Kier alpha value is -7.13. The van der Waals surface area contributed by atoms with E-state index >= 15 is 0 Å².